The number of Topliss-reactive ketones (excluding diaryl/α,β-unsaturated/α-hetero) is 1. The maximum Gasteiger partial charge on any atom is 0.305 e. The molecule has 1 rings (SSSR count). The Morgan fingerprint density at radius 3 is 2.71 bits per heavy atom. The van der Waals surface area contributed by atoms with Gasteiger partial charge in [-0.2, -0.15) is 11.8 Å². The molecule has 0 aromatic rings. The zero-order valence-electron chi connectivity index (χ0n) is 13.6. The van der Waals surface area contributed by atoms with Crippen molar-refractivity contribution >= 4 is 23.5 Å². The molecule has 0 saturated heterocycles. The topological polar surface area (TPSA) is 43.4 Å². The van der Waals surface area contributed by atoms with Gasteiger partial charge in [0.1, 0.15) is 5.78 Å². The second-order valence-electron chi connectivity index (χ2n) is 5.78. The molecule has 3 nitrogen and oxygen atoms in total. The molecule has 0 aromatic heterocycles. The zero-order chi connectivity index (χ0) is 15.5. The monoisotopic (exact) mass is 314 g/mol. The van der Waals surface area contributed by atoms with Crippen LogP contribution in [0.4, 0.5) is 0 Å². The van der Waals surface area contributed by atoms with E-state index in [1.807, 2.05) is 18.7 Å². The summed E-state index contributed by atoms with van der Waals surface area (Å²) in [5.41, 5.74) is 0. The fraction of sp³-hybridized carbons (Fsp3) is 0.882. The van der Waals surface area contributed by atoms with Crippen molar-refractivity contribution in [3.63, 3.8) is 0 Å². The van der Waals surface area contributed by atoms with Gasteiger partial charge in [-0.1, -0.05) is 26.2 Å². The summed E-state index contributed by atoms with van der Waals surface area (Å²) in [6.07, 6.45) is 8.83. The summed E-state index contributed by atoms with van der Waals surface area (Å²) in [6, 6.07) is 0. The van der Waals surface area contributed by atoms with Crippen molar-refractivity contribution in [2.24, 2.45) is 5.92 Å². The largest absolute Gasteiger partial charge is 0.466 e. The minimum Gasteiger partial charge on any atom is -0.466 e. The fourth-order valence-electron chi connectivity index (χ4n) is 2.91. The Balaban J connectivity index is 2.10. The summed E-state index contributed by atoms with van der Waals surface area (Å²) in [6.45, 7) is 4.51. The highest BCUT2D eigenvalue weighted by Gasteiger charge is 2.33. The Hall–Kier alpha value is -0.510. The van der Waals surface area contributed by atoms with E-state index in [4.69, 9.17) is 4.74 Å². The van der Waals surface area contributed by atoms with E-state index in [2.05, 4.69) is 6.92 Å². The molecule has 2 unspecified atom stereocenters. The minimum absolute atomic E-state index is 0.0838. The number of rotatable bonds is 11. The van der Waals surface area contributed by atoms with Gasteiger partial charge < -0.3 is 4.74 Å². The van der Waals surface area contributed by atoms with E-state index in [1.54, 1.807) is 0 Å². The molecule has 0 heterocycles. The molecular weight excluding hydrogens is 284 g/mol. The summed E-state index contributed by atoms with van der Waals surface area (Å²) < 4.78 is 4.91. The first-order valence-corrected chi connectivity index (χ1v) is 9.53. The number of hydrogen-bond donors (Lipinski definition) is 0. The van der Waals surface area contributed by atoms with Crippen LogP contribution in [0, 0.1) is 5.92 Å². The lowest BCUT2D eigenvalue weighted by atomic mass is 9.98. The molecule has 1 aliphatic carbocycles. The van der Waals surface area contributed by atoms with Crippen LogP contribution in [0.15, 0.2) is 0 Å². The standard InChI is InChI=1S/C17H30O3S/c1-3-13-21-16-12-11-15(18)14(16)9-7-5-6-8-10-17(19)20-4-2/h14,16H,3-13H2,1-2H3. The Kier molecular flexibility index (Phi) is 9.81. The molecule has 1 fully saturated rings. The smallest absolute Gasteiger partial charge is 0.305 e. The Morgan fingerprint density at radius 2 is 2.00 bits per heavy atom. The van der Waals surface area contributed by atoms with Crippen LogP contribution in [0.25, 0.3) is 0 Å². The number of carbonyl (C=O) groups excluding carboxylic acids is 2. The molecule has 0 bridgehead atoms. The molecule has 0 aliphatic heterocycles. The third-order valence-electron chi connectivity index (χ3n) is 4.03. The first kappa shape index (κ1) is 18.5. The Morgan fingerprint density at radius 1 is 1.24 bits per heavy atom. The van der Waals surface area contributed by atoms with Crippen molar-refractivity contribution in [2.45, 2.75) is 76.9 Å². The van der Waals surface area contributed by atoms with Crippen LogP contribution < -0.4 is 0 Å². The van der Waals surface area contributed by atoms with Gasteiger partial charge in [0.05, 0.1) is 6.61 Å². The molecule has 1 aliphatic rings. The number of unbranched alkanes of at least 4 members (excludes halogenated alkanes) is 3. The predicted octanol–water partition coefficient (Wildman–Crippen LogP) is 4.38. The first-order chi connectivity index (χ1) is 10.2. The van der Waals surface area contributed by atoms with E-state index in [-0.39, 0.29) is 5.97 Å². The number of carbonyl (C=O) groups is 2. The number of hydrogen-bond acceptors (Lipinski definition) is 4. The molecule has 21 heavy (non-hydrogen) atoms. The van der Waals surface area contributed by atoms with E-state index in [0.717, 1.165) is 44.9 Å². The number of ketones is 1. The summed E-state index contributed by atoms with van der Waals surface area (Å²) >= 11 is 1.99. The molecular formula is C17H30O3S. The van der Waals surface area contributed by atoms with Gasteiger partial charge in [-0.05, 0) is 38.4 Å². The quantitative estimate of drug-likeness (QED) is 0.419. The number of ether oxygens (including phenoxy) is 1. The number of esters is 1. The van der Waals surface area contributed by atoms with Crippen molar-refractivity contribution in [1.29, 1.82) is 0 Å². The Bertz CT molecular complexity index is 317. The summed E-state index contributed by atoms with van der Waals surface area (Å²) in [4.78, 5) is 23.2. The van der Waals surface area contributed by atoms with E-state index < -0.39 is 0 Å². The lowest BCUT2D eigenvalue weighted by molar-refractivity contribution is -0.143. The van der Waals surface area contributed by atoms with Crippen molar-refractivity contribution in [2.75, 3.05) is 12.4 Å². The van der Waals surface area contributed by atoms with Crippen LogP contribution in [0.3, 0.4) is 0 Å². The third-order valence-corrected chi connectivity index (χ3v) is 5.66. The normalized spacial score (nSPS) is 21.7. The van der Waals surface area contributed by atoms with Crippen molar-refractivity contribution in [1.82, 2.24) is 0 Å². The highest BCUT2D eigenvalue weighted by Crippen LogP contribution is 2.36. The van der Waals surface area contributed by atoms with Gasteiger partial charge in [0, 0.05) is 24.0 Å². The fourth-order valence-corrected chi connectivity index (χ4v) is 4.26. The number of thioether (sulfide) groups is 1. The van der Waals surface area contributed by atoms with Gasteiger partial charge in [0.2, 0.25) is 0 Å². The van der Waals surface area contributed by atoms with Crippen LogP contribution in [0.1, 0.15) is 71.6 Å². The predicted molar refractivity (Wildman–Crippen MR) is 88.6 cm³/mol. The zero-order valence-corrected chi connectivity index (χ0v) is 14.4. The molecule has 0 N–H and O–H groups in total. The maximum absolute atomic E-state index is 12.0. The van der Waals surface area contributed by atoms with Crippen LogP contribution in [0.5, 0.6) is 0 Å². The van der Waals surface area contributed by atoms with Crippen LogP contribution >= 0.6 is 11.8 Å². The van der Waals surface area contributed by atoms with Gasteiger partial charge >= 0.3 is 5.97 Å². The molecule has 2 atom stereocenters. The molecule has 0 spiro atoms. The highest BCUT2D eigenvalue weighted by molar-refractivity contribution is 7.99. The second kappa shape index (κ2) is 11.1. The van der Waals surface area contributed by atoms with E-state index in [0.29, 0.717) is 30.0 Å². The van der Waals surface area contributed by atoms with Crippen molar-refractivity contribution in [3.05, 3.63) is 0 Å². The highest BCUT2D eigenvalue weighted by atomic mass is 32.2. The van der Waals surface area contributed by atoms with Crippen LogP contribution in [0.2, 0.25) is 0 Å². The SMILES string of the molecule is CCCSC1CCC(=O)C1CCCCCCC(=O)OCC. The summed E-state index contributed by atoms with van der Waals surface area (Å²) in [5, 5.41) is 0.567. The molecule has 0 amide bonds. The van der Waals surface area contributed by atoms with Crippen molar-refractivity contribution in [3.8, 4) is 0 Å². The maximum atomic E-state index is 12.0. The van der Waals surface area contributed by atoms with Crippen LogP contribution in [-0.2, 0) is 14.3 Å². The molecule has 122 valence electrons. The van der Waals surface area contributed by atoms with Crippen molar-refractivity contribution < 1.29 is 14.3 Å². The average Bonchev–Trinajstić information content (AvgIpc) is 2.81. The van der Waals surface area contributed by atoms with Gasteiger partial charge in [-0.15, -0.1) is 0 Å². The average molecular weight is 314 g/mol. The summed E-state index contributed by atoms with van der Waals surface area (Å²) in [7, 11) is 0. The Labute approximate surface area is 133 Å². The minimum atomic E-state index is -0.0838. The lowest BCUT2D eigenvalue weighted by Crippen LogP contribution is -2.17. The van der Waals surface area contributed by atoms with Gasteiger partial charge in [-0.3, -0.25) is 9.59 Å². The van der Waals surface area contributed by atoms with E-state index in [1.165, 1.54) is 12.2 Å². The first-order valence-electron chi connectivity index (χ1n) is 8.49. The third kappa shape index (κ3) is 7.35. The van der Waals surface area contributed by atoms with E-state index in [9.17, 15) is 9.59 Å². The lowest BCUT2D eigenvalue weighted by Gasteiger charge is -2.17. The summed E-state index contributed by atoms with van der Waals surface area (Å²) in [5.74, 6) is 1.87. The molecule has 0 radical (unpaired) electrons. The molecule has 1 saturated carbocycles. The van der Waals surface area contributed by atoms with Gasteiger partial charge in [0.15, 0.2) is 0 Å². The second-order valence-corrected chi connectivity index (χ2v) is 7.13. The van der Waals surface area contributed by atoms with Gasteiger partial charge in [-0.25, -0.2) is 0 Å². The molecule has 0 aromatic carbocycles. The van der Waals surface area contributed by atoms with E-state index >= 15 is 0 Å². The molecule has 4 heteroatoms. The van der Waals surface area contributed by atoms with Gasteiger partial charge in [0.25, 0.3) is 0 Å². The van der Waals surface area contributed by atoms with Crippen LogP contribution in [-0.4, -0.2) is 29.4 Å².